The molecule has 0 aliphatic carbocycles. The van der Waals surface area contributed by atoms with Crippen LogP contribution in [0.3, 0.4) is 0 Å². The van der Waals surface area contributed by atoms with Crippen LogP contribution < -0.4 is 5.73 Å². The quantitative estimate of drug-likeness (QED) is 0.528. The first-order valence-corrected chi connectivity index (χ1v) is 8.49. The molecule has 1 rings (SSSR count). The average Bonchev–Trinajstić information content (AvgIpc) is 2.45. The van der Waals surface area contributed by atoms with Crippen molar-refractivity contribution in [3.05, 3.63) is 33.8 Å². The molecule has 128 valence electrons. The number of carbonyl (C=O) groups excluding carboxylic acids is 2. The fourth-order valence-electron chi connectivity index (χ4n) is 2.26. The van der Waals surface area contributed by atoms with Crippen LogP contribution in [-0.2, 0) is 9.53 Å². The highest BCUT2D eigenvalue weighted by Crippen LogP contribution is 2.26. The molecule has 0 saturated carbocycles. The number of Topliss-reactive ketones (excluding diaryl/α,β-unsaturated/α-hetero) is 1. The third-order valence-corrected chi connectivity index (χ3v) is 4.06. The second kappa shape index (κ2) is 9.91. The van der Waals surface area contributed by atoms with Gasteiger partial charge in [0.1, 0.15) is 0 Å². The summed E-state index contributed by atoms with van der Waals surface area (Å²) in [5.74, 6) is -0.345. The van der Waals surface area contributed by atoms with Crippen molar-refractivity contribution in [2.45, 2.75) is 45.6 Å². The summed E-state index contributed by atoms with van der Waals surface area (Å²) >= 11 is 12.0. The van der Waals surface area contributed by atoms with Crippen LogP contribution in [0.4, 0.5) is 0 Å². The van der Waals surface area contributed by atoms with Gasteiger partial charge < -0.3 is 10.5 Å². The Morgan fingerprint density at radius 3 is 2.39 bits per heavy atom. The number of carbonyl (C=O) groups is 2. The molecule has 0 saturated heterocycles. The Hall–Kier alpha value is -1.10. The van der Waals surface area contributed by atoms with E-state index < -0.39 is 12.0 Å². The standard InChI is InChI=1S/C17H23Cl2NO3/c1-3-5-11(2)10-23-16(22)9-12(20)8-15(21)17-13(18)6-4-7-14(17)19/h4,6-7,11-12H,3,5,8-10,20H2,1-2H3. The average molecular weight is 360 g/mol. The molecule has 1 aromatic carbocycles. The predicted octanol–water partition coefficient (Wildman–Crippen LogP) is 4.26. The Morgan fingerprint density at radius 1 is 1.22 bits per heavy atom. The molecule has 0 spiro atoms. The van der Waals surface area contributed by atoms with Crippen molar-refractivity contribution in [3.8, 4) is 0 Å². The molecule has 0 aromatic heterocycles. The van der Waals surface area contributed by atoms with Crippen LogP contribution in [0.25, 0.3) is 0 Å². The number of ether oxygens (including phenoxy) is 1. The topological polar surface area (TPSA) is 69.4 Å². The van der Waals surface area contributed by atoms with Gasteiger partial charge in [-0.1, -0.05) is 49.5 Å². The van der Waals surface area contributed by atoms with E-state index in [2.05, 4.69) is 6.92 Å². The van der Waals surface area contributed by atoms with E-state index in [0.29, 0.717) is 12.5 Å². The maximum atomic E-state index is 12.2. The molecule has 0 bridgehead atoms. The van der Waals surface area contributed by atoms with E-state index in [9.17, 15) is 9.59 Å². The normalized spacial score (nSPS) is 13.4. The molecule has 4 nitrogen and oxygen atoms in total. The zero-order valence-corrected chi connectivity index (χ0v) is 15.0. The highest BCUT2D eigenvalue weighted by molar-refractivity contribution is 6.39. The van der Waals surface area contributed by atoms with Gasteiger partial charge in [0.2, 0.25) is 0 Å². The number of ketones is 1. The summed E-state index contributed by atoms with van der Waals surface area (Å²) in [4.78, 5) is 24.0. The molecule has 2 atom stereocenters. The maximum Gasteiger partial charge on any atom is 0.307 e. The highest BCUT2D eigenvalue weighted by atomic mass is 35.5. The summed E-state index contributed by atoms with van der Waals surface area (Å²) in [6.45, 7) is 4.49. The Labute approximate surface area is 147 Å². The van der Waals surface area contributed by atoms with Gasteiger partial charge in [-0.3, -0.25) is 9.59 Å². The van der Waals surface area contributed by atoms with Crippen LogP contribution in [0.1, 0.15) is 49.9 Å². The third kappa shape index (κ3) is 6.90. The number of halogens is 2. The first-order valence-electron chi connectivity index (χ1n) is 7.73. The Morgan fingerprint density at radius 2 is 1.83 bits per heavy atom. The molecule has 0 radical (unpaired) electrons. The van der Waals surface area contributed by atoms with E-state index in [1.165, 1.54) is 0 Å². The van der Waals surface area contributed by atoms with Gasteiger partial charge in [0, 0.05) is 12.5 Å². The summed E-state index contributed by atoms with van der Waals surface area (Å²) in [6.07, 6.45) is 2.03. The lowest BCUT2D eigenvalue weighted by molar-refractivity contribution is -0.145. The van der Waals surface area contributed by atoms with Gasteiger partial charge in [0.05, 0.1) is 28.6 Å². The van der Waals surface area contributed by atoms with Crippen LogP contribution in [-0.4, -0.2) is 24.4 Å². The van der Waals surface area contributed by atoms with E-state index in [4.69, 9.17) is 33.7 Å². The van der Waals surface area contributed by atoms with Crippen molar-refractivity contribution in [1.82, 2.24) is 0 Å². The Bertz CT molecular complexity index is 528. The second-order valence-corrected chi connectivity index (χ2v) is 6.58. The molecule has 1 aromatic rings. The van der Waals surface area contributed by atoms with Crippen LogP contribution in [0.15, 0.2) is 18.2 Å². The predicted molar refractivity (Wildman–Crippen MR) is 93.0 cm³/mol. The molecule has 0 amide bonds. The van der Waals surface area contributed by atoms with Crippen molar-refractivity contribution >= 4 is 35.0 Å². The molecule has 0 aliphatic rings. The number of rotatable bonds is 9. The largest absolute Gasteiger partial charge is 0.465 e. The highest BCUT2D eigenvalue weighted by Gasteiger charge is 2.20. The molecule has 23 heavy (non-hydrogen) atoms. The Kier molecular flexibility index (Phi) is 8.59. The summed E-state index contributed by atoms with van der Waals surface area (Å²) < 4.78 is 5.18. The number of esters is 1. The number of nitrogens with two attached hydrogens (primary N) is 1. The molecule has 0 fully saturated rings. The van der Waals surface area contributed by atoms with Gasteiger partial charge in [0.15, 0.2) is 5.78 Å². The molecule has 6 heteroatoms. The van der Waals surface area contributed by atoms with Crippen LogP contribution in [0.5, 0.6) is 0 Å². The van der Waals surface area contributed by atoms with Crippen molar-refractivity contribution in [2.75, 3.05) is 6.61 Å². The molecule has 0 aliphatic heterocycles. The molecule has 2 N–H and O–H groups in total. The van der Waals surface area contributed by atoms with Crippen molar-refractivity contribution < 1.29 is 14.3 Å². The number of hydrogen-bond acceptors (Lipinski definition) is 4. The molecular weight excluding hydrogens is 337 g/mol. The van der Waals surface area contributed by atoms with Crippen molar-refractivity contribution in [3.63, 3.8) is 0 Å². The lowest BCUT2D eigenvalue weighted by Crippen LogP contribution is -2.28. The lowest BCUT2D eigenvalue weighted by Gasteiger charge is -2.14. The van der Waals surface area contributed by atoms with Gasteiger partial charge in [-0.25, -0.2) is 0 Å². The van der Waals surface area contributed by atoms with Crippen molar-refractivity contribution in [1.29, 1.82) is 0 Å². The third-order valence-electron chi connectivity index (χ3n) is 3.43. The fraction of sp³-hybridized carbons (Fsp3) is 0.529. The summed E-state index contributed by atoms with van der Waals surface area (Å²) in [7, 11) is 0. The minimum absolute atomic E-state index is 0.00729. The first-order chi connectivity index (χ1) is 10.8. The SMILES string of the molecule is CCCC(C)COC(=O)CC(N)CC(=O)c1c(Cl)cccc1Cl. The van der Waals surface area contributed by atoms with Crippen LogP contribution in [0.2, 0.25) is 10.0 Å². The first kappa shape index (κ1) is 19.9. The van der Waals surface area contributed by atoms with E-state index in [1.54, 1.807) is 18.2 Å². The number of benzene rings is 1. The monoisotopic (exact) mass is 359 g/mol. The van der Waals surface area contributed by atoms with Crippen LogP contribution in [0, 0.1) is 5.92 Å². The molecule has 2 unspecified atom stereocenters. The maximum absolute atomic E-state index is 12.2. The molecular formula is C17H23Cl2NO3. The zero-order chi connectivity index (χ0) is 17.4. The minimum atomic E-state index is -0.621. The second-order valence-electron chi connectivity index (χ2n) is 5.77. The van der Waals surface area contributed by atoms with Gasteiger partial charge in [-0.05, 0) is 24.5 Å². The lowest BCUT2D eigenvalue weighted by atomic mass is 10.0. The van der Waals surface area contributed by atoms with E-state index in [-0.39, 0.29) is 34.2 Å². The van der Waals surface area contributed by atoms with Gasteiger partial charge in [-0.2, -0.15) is 0 Å². The van der Waals surface area contributed by atoms with Crippen molar-refractivity contribution in [2.24, 2.45) is 11.7 Å². The van der Waals surface area contributed by atoms with E-state index >= 15 is 0 Å². The fourth-order valence-corrected chi connectivity index (χ4v) is 2.87. The van der Waals surface area contributed by atoms with Gasteiger partial charge >= 0.3 is 5.97 Å². The van der Waals surface area contributed by atoms with Gasteiger partial charge in [-0.15, -0.1) is 0 Å². The number of hydrogen-bond donors (Lipinski definition) is 1. The van der Waals surface area contributed by atoms with E-state index in [0.717, 1.165) is 12.8 Å². The molecule has 0 heterocycles. The summed E-state index contributed by atoms with van der Waals surface area (Å²) in [5.41, 5.74) is 6.12. The van der Waals surface area contributed by atoms with E-state index in [1.807, 2.05) is 6.92 Å². The smallest absolute Gasteiger partial charge is 0.307 e. The zero-order valence-electron chi connectivity index (χ0n) is 13.5. The van der Waals surface area contributed by atoms with Gasteiger partial charge in [0.25, 0.3) is 0 Å². The minimum Gasteiger partial charge on any atom is -0.465 e. The summed E-state index contributed by atoms with van der Waals surface area (Å²) in [6, 6.07) is 4.23. The summed E-state index contributed by atoms with van der Waals surface area (Å²) in [5, 5.41) is 0.566. The van der Waals surface area contributed by atoms with Crippen LogP contribution >= 0.6 is 23.2 Å². The Balaban J connectivity index is 2.48.